The molecule has 1 heteroatoms. The molecule has 1 aromatic carbocycles. The van der Waals surface area contributed by atoms with Gasteiger partial charge in [0.25, 0.3) is 0 Å². The van der Waals surface area contributed by atoms with Crippen LogP contribution in [0.2, 0.25) is 0 Å². The van der Waals surface area contributed by atoms with Gasteiger partial charge in [-0.2, -0.15) is 0 Å². The minimum absolute atomic E-state index is 1.09. The summed E-state index contributed by atoms with van der Waals surface area (Å²) in [6.07, 6.45) is 2.11. The van der Waals surface area contributed by atoms with E-state index in [0.717, 1.165) is 5.57 Å². The SMILES string of the molecule is C=C(C)/C=c1/cccc/c1=C(/C)I. The summed E-state index contributed by atoms with van der Waals surface area (Å²) in [6.45, 7) is 8.01. The van der Waals surface area contributed by atoms with Crippen LogP contribution in [-0.2, 0) is 0 Å². The number of hydrogen-bond donors (Lipinski definition) is 0. The standard InChI is InChI=1S/C12H13I/c1-9(2)8-11-6-4-5-7-12(11)10(3)13/h4-8H,1H2,2-3H3/b11-8-,12-10+. The Morgan fingerprint density at radius 1 is 1.31 bits per heavy atom. The molecule has 0 nitrogen and oxygen atoms in total. The predicted octanol–water partition coefficient (Wildman–Crippen LogP) is 2.61. The molecule has 0 radical (unpaired) electrons. The highest BCUT2D eigenvalue weighted by atomic mass is 127. The molecule has 68 valence electrons. The van der Waals surface area contributed by atoms with Crippen LogP contribution < -0.4 is 10.4 Å². The lowest BCUT2D eigenvalue weighted by Gasteiger charge is -1.93. The molecule has 1 aromatic rings. The third-order valence-corrected chi connectivity index (χ3v) is 2.31. The first-order chi connectivity index (χ1) is 6.11. The van der Waals surface area contributed by atoms with Crippen LogP contribution in [0.25, 0.3) is 9.66 Å². The Morgan fingerprint density at radius 3 is 2.46 bits per heavy atom. The summed E-state index contributed by atoms with van der Waals surface area (Å²) < 4.78 is 1.31. The van der Waals surface area contributed by atoms with E-state index in [0.29, 0.717) is 0 Å². The minimum Gasteiger partial charge on any atom is -0.0961 e. The lowest BCUT2D eigenvalue weighted by atomic mass is 10.2. The molecule has 0 heterocycles. The van der Waals surface area contributed by atoms with Gasteiger partial charge in [-0.05, 0) is 50.5 Å². The average Bonchev–Trinajstić information content (AvgIpc) is 2.03. The molecule has 0 aliphatic heterocycles. The summed E-state index contributed by atoms with van der Waals surface area (Å²) in [6, 6.07) is 8.37. The molecule has 0 aromatic heterocycles. The van der Waals surface area contributed by atoms with E-state index in [9.17, 15) is 0 Å². The molecule has 0 unspecified atom stereocenters. The van der Waals surface area contributed by atoms with Gasteiger partial charge in [0.05, 0.1) is 0 Å². The van der Waals surface area contributed by atoms with Crippen molar-refractivity contribution in [1.82, 2.24) is 0 Å². The zero-order chi connectivity index (χ0) is 9.84. The summed E-state index contributed by atoms with van der Waals surface area (Å²) in [5, 5.41) is 2.55. The summed E-state index contributed by atoms with van der Waals surface area (Å²) in [5.41, 5.74) is 1.09. The fourth-order valence-electron chi connectivity index (χ4n) is 1.20. The average molecular weight is 284 g/mol. The third-order valence-electron chi connectivity index (χ3n) is 1.73. The van der Waals surface area contributed by atoms with Crippen LogP contribution in [0, 0.1) is 0 Å². The number of halogens is 1. The largest absolute Gasteiger partial charge is 0.0961 e. The molecule has 0 bridgehead atoms. The Hall–Kier alpha value is -0.570. The van der Waals surface area contributed by atoms with Gasteiger partial charge in [-0.15, -0.1) is 0 Å². The van der Waals surface area contributed by atoms with Gasteiger partial charge in [-0.1, -0.05) is 42.5 Å². The zero-order valence-corrected chi connectivity index (χ0v) is 10.1. The van der Waals surface area contributed by atoms with E-state index in [1.165, 1.54) is 14.0 Å². The molecule has 0 atom stereocenters. The number of rotatable bonds is 1. The van der Waals surface area contributed by atoms with Crippen molar-refractivity contribution in [3.8, 4) is 0 Å². The second-order valence-electron chi connectivity index (χ2n) is 3.11. The second kappa shape index (κ2) is 4.61. The molecule has 0 N–H and O–H groups in total. The number of hydrogen-bond acceptors (Lipinski definition) is 0. The van der Waals surface area contributed by atoms with Crippen LogP contribution in [0.4, 0.5) is 0 Å². The van der Waals surface area contributed by atoms with Gasteiger partial charge in [0, 0.05) is 0 Å². The van der Waals surface area contributed by atoms with Gasteiger partial charge in [-0.25, -0.2) is 0 Å². The van der Waals surface area contributed by atoms with Crippen LogP contribution in [0.15, 0.2) is 36.4 Å². The number of benzene rings is 1. The Labute approximate surface area is 92.8 Å². The van der Waals surface area contributed by atoms with Crippen molar-refractivity contribution in [2.75, 3.05) is 0 Å². The normalized spacial score (nSPS) is 14.2. The Balaban J connectivity index is 3.56. The lowest BCUT2D eigenvalue weighted by molar-refractivity contribution is 1.48. The number of allylic oxidation sites excluding steroid dienone is 1. The quantitative estimate of drug-likeness (QED) is 0.695. The second-order valence-corrected chi connectivity index (χ2v) is 4.73. The van der Waals surface area contributed by atoms with Crippen LogP contribution in [0.5, 0.6) is 0 Å². The predicted molar refractivity (Wildman–Crippen MR) is 68.1 cm³/mol. The maximum Gasteiger partial charge on any atom is -0.00467 e. The fourth-order valence-corrected chi connectivity index (χ4v) is 1.69. The first kappa shape index (κ1) is 10.5. The Bertz CT molecular complexity index is 423. The maximum absolute atomic E-state index is 3.88. The smallest absolute Gasteiger partial charge is 0.00467 e. The van der Waals surface area contributed by atoms with E-state index in [1.807, 2.05) is 6.92 Å². The van der Waals surface area contributed by atoms with Crippen molar-refractivity contribution in [2.24, 2.45) is 0 Å². The van der Waals surface area contributed by atoms with Crippen molar-refractivity contribution >= 4 is 32.2 Å². The van der Waals surface area contributed by atoms with Crippen molar-refractivity contribution in [1.29, 1.82) is 0 Å². The third kappa shape index (κ3) is 2.99. The molecular weight excluding hydrogens is 271 g/mol. The van der Waals surface area contributed by atoms with Crippen LogP contribution in [-0.4, -0.2) is 0 Å². The molecule has 13 heavy (non-hydrogen) atoms. The first-order valence-electron chi connectivity index (χ1n) is 4.20. The highest BCUT2D eigenvalue weighted by Crippen LogP contribution is 1.99. The molecule has 0 spiro atoms. The monoisotopic (exact) mass is 284 g/mol. The first-order valence-corrected chi connectivity index (χ1v) is 5.28. The Kier molecular flexibility index (Phi) is 3.72. The van der Waals surface area contributed by atoms with Gasteiger partial charge in [0.1, 0.15) is 0 Å². The molecule has 0 saturated heterocycles. The molecule has 0 fully saturated rings. The van der Waals surface area contributed by atoms with Crippen LogP contribution >= 0.6 is 22.6 Å². The van der Waals surface area contributed by atoms with Gasteiger partial charge >= 0.3 is 0 Å². The Morgan fingerprint density at radius 2 is 1.92 bits per heavy atom. The van der Waals surface area contributed by atoms with Crippen molar-refractivity contribution < 1.29 is 0 Å². The molecule has 0 aliphatic carbocycles. The van der Waals surface area contributed by atoms with Crippen molar-refractivity contribution in [3.63, 3.8) is 0 Å². The van der Waals surface area contributed by atoms with E-state index in [4.69, 9.17) is 0 Å². The van der Waals surface area contributed by atoms with Gasteiger partial charge < -0.3 is 0 Å². The fraction of sp³-hybridized carbons (Fsp3) is 0.167. The van der Waals surface area contributed by atoms with E-state index < -0.39 is 0 Å². The van der Waals surface area contributed by atoms with Crippen LogP contribution in [0.1, 0.15) is 13.8 Å². The summed E-state index contributed by atoms with van der Waals surface area (Å²) in [7, 11) is 0. The zero-order valence-electron chi connectivity index (χ0n) is 7.97. The molecular formula is C12H13I. The van der Waals surface area contributed by atoms with Crippen molar-refractivity contribution in [2.45, 2.75) is 13.8 Å². The molecule has 0 amide bonds. The van der Waals surface area contributed by atoms with E-state index in [-0.39, 0.29) is 0 Å². The topological polar surface area (TPSA) is 0 Å². The van der Waals surface area contributed by atoms with E-state index in [1.54, 1.807) is 0 Å². The van der Waals surface area contributed by atoms with E-state index >= 15 is 0 Å². The van der Waals surface area contributed by atoms with Crippen LogP contribution in [0.3, 0.4) is 0 Å². The molecule has 0 aliphatic rings. The van der Waals surface area contributed by atoms with E-state index in [2.05, 4.69) is 66.4 Å². The summed E-state index contributed by atoms with van der Waals surface area (Å²) in [4.78, 5) is 0. The highest BCUT2D eigenvalue weighted by molar-refractivity contribution is 14.1. The van der Waals surface area contributed by atoms with Gasteiger partial charge in [0.15, 0.2) is 0 Å². The highest BCUT2D eigenvalue weighted by Gasteiger charge is 1.87. The molecule has 0 saturated carbocycles. The van der Waals surface area contributed by atoms with Gasteiger partial charge in [0.2, 0.25) is 0 Å². The minimum atomic E-state index is 1.09. The van der Waals surface area contributed by atoms with Crippen molar-refractivity contribution in [3.05, 3.63) is 46.9 Å². The summed E-state index contributed by atoms with van der Waals surface area (Å²) in [5.74, 6) is 0. The van der Waals surface area contributed by atoms with Gasteiger partial charge in [-0.3, -0.25) is 0 Å². The molecule has 1 rings (SSSR count). The lowest BCUT2D eigenvalue weighted by Crippen LogP contribution is -2.24. The summed E-state index contributed by atoms with van der Waals surface area (Å²) >= 11 is 2.35. The maximum atomic E-state index is 3.88.